The van der Waals surface area contributed by atoms with E-state index in [1.54, 1.807) is 37.5 Å². The number of rotatable bonds is 5. The Morgan fingerprint density at radius 3 is 2.71 bits per heavy atom. The highest BCUT2D eigenvalue weighted by Crippen LogP contribution is 2.18. The number of hydrogen-bond acceptors (Lipinski definition) is 5. The Labute approximate surface area is 160 Å². The molecule has 4 aromatic rings. The van der Waals surface area contributed by atoms with Crippen LogP contribution in [0.4, 0.5) is 0 Å². The van der Waals surface area contributed by atoms with E-state index in [1.165, 1.54) is 4.68 Å². The normalized spacial score (nSPS) is 12.2. The lowest BCUT2D eigenvalue weighted by Gasteiger charge is -2.14. The monoisotopic (exact) mass is 377 g/mol. The second kappa shape index (κ2) is 7.10. The van der Waals surface area contributed by atoms with Gasteiger partial charge in [-0.3, -0.25) is 14.2 Å². The smallest absolute Gasteiger partial charge is 0.343 e. The van der Waals surface area contributed by atoms with E-state index in [0.717, 1.165) is 11.3 Å². The Hall–Kier alpha value is -3.75. The summed E-state index contributed by atoms with van der Waals surface area (Å²) in [6.07, 6.45) is 6.12. The number of aryl methyl sites for hydroxylation is 1. The number of fused-ring (bicyclic) bond motifs is 1. The maximum Gasteiger partial charge on any atom is 0.343 e. The van der Waals surface area contributed by atoms with Gasteiger partial charge in [0.1, 0.15) is 0 Å². The van der Waals surface area contributed by atoms with Crippen LogP contribution in [0.2, 0.25) is 0 Å². The molecule has 3 aromatic heterocycles. The number of nitrogens with one attached hydrogen (secondary N) is 2. The van der Waals surface area contributed by atoms with Crippen molar-refractivity contribution in [2.45, 2.75) is 19.4 Å². The third-order valence-electron chi connectivity index (χ3n) is 4.51. The molecule has 1 atom stereocenters. The summed E-state index contributed by atoms with van der Waals surface area (Å²) in [5.41, 5.74) is 1.72. The van der Waals surface area contributed by atoms with Crippen LogP contribution in [-0.2, 0) is 7.05 Å². The molecule has 0 saturated heterocycles. The Kier molecular flexibility index (Phi) is 4.48. The summed E-state index contributed by atoms with van der Waals surface area (Å²) in [7, 11) is 1.57. The van der Waals surface area contributed by atoms with Gasteiger partial charge in [0.05, 0.1) is 11.7 Å². The largest absolute Gasteiger partial charge is 0.344 e. The number of hydrogen-bond donors (Lipinski definition) is 2. The maximum atomic E-state index is 12.7. The van der Waals surface area contributed by atoms with Crippen LogP contribution in [0, 0.1) is 0 Å². The van der Waals surface area contributed by atoms with Gasteiger partial charge in [0.25, 0.3) is 5.91 Å². The highest BCUT2D eigenvalue weighted by atomic mass is 16.2. The van der Waals surface area contributed by atoms with Crippen LogP contribution in [0.5, 0.6) is 0 Å². The SMILES string of the molecule is CCC(NC(=O)c1ccc(-c2nn(C)c(=O)[nH]2)cc1)c1cn2cccnc2n1. The molecule has 1 unspecified atom stereocenters. The average molecular weight is 377 g/mol. The molecule has 0 bridgehead atoms. The molecule has 9 heteroatoms. The van der Waals surface area contributed by atoms with Crippen molar-refractivity contribution < 1.29 is 4.79 Å². The molecule has 0 radical (unpaired) electrons. The molecule has 4 rings (SSSR count). The summed E-state index contributed by atoms with van der Waals surface area (Å²) < 4.78 is 3.05. The minimum Gasteiger partial charge on any atom is -0.344 e. The third-order valence-corrected chi connectivity index (χ3v) is 4.51. The molecule has 3 heterocycles. The van der Waals surface area contributed by atoms with E-state index in [9.17, 15) is 9.59 Å². The van der Waals surface area contributed by atoms with Crippen molar-refractivity contribution in [1.82, 2.24) is 34.4 Å². The van der Waals surface area contributed by atoms with Crippen molar-refractivity contribution in [2.75, 3.05) is 0 Å². The summed E-state index contributed by atoms with van der Waals surface area (Å²) in [4.78, 5) is 35.5. The lowest BCUT2D eigenvalue weighted by molar-refractivity contribution is 0.0935. The van der Waals surface area contributed by atoms with Gasteiger partial charge >= 0.3 is 5.69 Å². The number of H-pyrrole nitrogens is 1. The highest BCUT2D eigenvalue weighted by molar-refractivity contribution is 5.94. The van der Waals surface area contributed by atoms with Gasteiger partial charge in [0.2, 0.25) is 5.78 Å². The van der Waals surface area contributed by atoms with Crippen LogP contribution in [0.25, 0.3) is 17.2 Å². The molecule has 0 fully saturated rings. The number of imidazole rings is 1. The van der Waals surface area contributed by atoms with Crippen molar-refractivity contribution >= 4 is 11.7 Å². The molecular formula is C19H19N7O2. The Balaban J connectivity index is 1.52. The van der Waals surface area contributed by atoms with Crippen LogP contribution in [-0.4, -0.2) is 35.0 Å². The van der Waals surface area contributed by atoms with E-state index in [2.05, 4.69) is 25.4 Å². The van der Waals surface area contributed by atoms with Crippen molar-refractivity contribution in [2.24, 2.45) is 7.05 Å². The minimum absolute atomic E-state index is 0.196. The van der Waals surface area contributed by atoms with E-state index in [0.29, 0.717) is 23.6 Å². The number of aromatic nitrogens is 6. The van der Waals surface area contributed by atoms with Gasteiger partial charge in [-0.15, -0.1) is 0 Å². The predicted octanol–water partition coefficient (Wildman–Crippen LogP) is 1.70. The molecule has 0 aliphatic heterocycles. The summed E-state index contributed by atoms with van der Waals surface area (Å²) in [6.45, 7) is 1.99. The number of amides is 1. The van der Waals surface area contributed by atoms with E-state index in [4.69, 9.17) is 0 Å². The van der Waals surface area contributed by atoms with Crippen LogP contribution in [0.3, 0.4) is 0 Å². The first kappa shape index (κ1) is 17.7. The van der Waals surface area contributed by atoms with Gasteiger partial charge in [-0.2, -0.15) is 5.10 Å². The van der Waals surface area contributed by atoms with E-state index in [1.807, 2.05) is 29.8 Å². The van der Waals surface area contributed by atoms with Crippen molar-refractivity contribution in [3.8, 4) is 11.4 Å². The fourth-order valence-corrected chi connectivity index (χ4v) is 2.96. The van der Waals surface area contributed by atoms with Crippen LogP contribution in [0.15, 0.2) is 53.7 Å². The van der Waals surface area contributed by atoms with Gasteiger partial charge in [-0.1, -0.05) is 19.1 Å². The zero-order valence-corrected chi connectivity index (χ0v) is 15.5. The van der Waals surface area contributed by atoms with Gasteiger partial charge < -0.3 is 5.32 Å². The fraction of sp³-hybridized carbons (Fsp3) is 0.211. The number of carbonyl (C=O) groups is 1. The van der Waals surface area contributed by atoms with Crippen LogP contribution >= 0.6 is 0 Å². The minimum atomic E-state index is -0.287. The zero-order valence-electron chi connectivity index (χ0n) is 15.5. The summed E-state index contributed by atoms with van der Waals surface area (Å²) in [5, 5.41) is 7.12. The van der Waals surface area contributed by atoms with Crippen LogP contribution in [0.1, 0.15) is 35.4 Å². The van der Waals surface area contributed by atoms with Gasteiger partial charge in [0, 0.05) is 36.8 Å². The molecule has 0 spiro atoms. The molecule has 0 aliphatic rings. The molecule has 0 aliphatic carbocycles. The van der Waals surface area contributed by atoms with Gasteiger partial charge in [-0.05, 0) is 24.6 Å². The summed E-state index contributed by atoms with van der Waals surface area (Å²) >= 11 is 0. The van der Waals surface area contributed by atoms with Gasteiger partial charge in [-0.25, -0.2) is 19.4 Å². The van der Waals surface area contributed by atoms with Crippen LogP contribution < -0.4 is 11.0 Å². The summed E-state index contributed by atoms with van der Waals surface area (Å²) in [5.74, 6) is 0.861. The third kappa shape index (κ3) is 3.29. The van der Waals surface area contributed by atoms with Gasteiger partial charge in [0.15, 0.2) is 5.82 Å². The second-order valence-electron chi connectivity index (χ2n) is 6.41. The molecule has 9 nitrogen and oxygen atoms in total. The summed E-state index contributed by atoms with van der Waals surface area (Å²) in [6, 6.07) is 8.52. The molecule has 142 valence electrons. The lowest BCUT2D eigenvalue weighted by atomic mass is 10.1. The lowest BCUT2D eigenvalue weighted by Crippen LogP contribution is -2.28. The molecule has 28 heavy (non-hydrogen) atoms. The standard InChI is InChI=1S/C19H19N7O2/c1-3-14(15-11-26-10-4-9-20-18(26)22-15)21-17(27)13-7-5-12(6-8-13)16-23-19(28)25(2)24-16/h4-11,14H,3H2,1-2H3,(H,21,27)(H,23,24,28). The first-order valence-corrected chi connectivity index (χ1v) is 8.89. The first-order chi connectivity index (χ1) is 13.5. The topological polar surface area (TPSA) is 110 Å². The molecule has 2 N–H and O–H groups in total. The molecule has 1 aromatic carbocycles. The fourth-order valence-electron chi connectivity index (χ4n) is 2.96. The molecule has 1 amide bonds. The Bertz CT molecular complexity index is 1150. The van der Waals surface area contributed by atoms with Crippen molar-refractivity contribution in [3.05, 3.63) is 70.7 Å². The number of nitrogens with zero attached hydrogens (tertiary/aromatic N) is 5. The van der Waals surface area contributed by atoms with E-state index < -0.39 is 0 Å². The Morgan fingerprint density at radius 1 is 1.29 bits per heavy atom. The van der Waals surface area contributed by atoms with Crippen molar-refractivity contribution in [1.29, 1.82) is 0 Å². The highest BCUT2D eigenvalue weighted by Gasteiger charge is 2.17. The molecular weight excluding hydrogens is 358 g/mol. The number of aromatic amines is 1. The second-order valence-corrected chi connectivity index (χ2v) is 6.41. The van der Waals surface area contributed by atoms with E-state index >= 15 is 0 Å². The molecule has 0 saturated carbocycles. The van der Waals surface area contributed by atoms with Crippen molar-refractivity contribution in [3.63, 3.8) is 0 Å². The quantitative estimate of drug-likeness (QED) is 0.550. The predicted molar refractivity (Wildman–Crippen MR) is 103 cm³/mol. The number of carbonyl (C=O) groups excluding carboxylic acids is 1. The van der Waals surface area contributed by atoms with E-state index in [-0.39, 0.29) is 17.6 Å². The number of benzene rings is 1. The first-order valence-electron chi connectivity index (χ1n) is 8.89. The maximum absolute atomic E-state index is 12.7. The Morgan fingerprint density at radius 2 is 2.07 bits per heavy atom. The average Bonchev–Trinajstić information content (AvgIpc) is 3.29. The zero-order chi connectivity index (χ0) is 19.7.